The van der Waals surface area contributed by atoms with Gasteiger partial charge < -0.3 is 9.80 Å². The van der Waals surface area contributed by atoms with E-state index in [2.05, 4.69) is 0 Å². The number of rotatable bonds is 3. The van der Waals surface area contributed by atoms with Gasteiger partial charge in [-0.05, 0) is 25.1 Å². The van der Waals surface area contributed by atoms with Gasteiger partial charge >= 0.3 is 6.18 Å². The summed E-state index contributed by atoms with van der Waals surface area (Å²) in [5.41, 5.74) is -1.89. The molecule has 1 aliphatic rings. The minimum atomic E-state index is -4.79. The summed E-state index contributed by atoms with van der Waals surface area (Å²) in [4.78, 5) is 27.8. The number of carbonyl (C=O) groups is 1. The fourth-order valence-electron chi connectivity index (χ4n) is 3.02. The Morgan fingerprint density at radius 1 is 1.21 bits per heavy atom. The molecule has 11 heteroatoms. The van der Waals surface area contributed by atoms with E-state index in [1.165, 1.54) is 11.3 Å². The highest BCUT2D eigenvalue weighted by atomic mass is 35.5. The molecule has 28 heavy (non-hydrogen) atoms. The summed E-state index contributed by atoms with van der Waals surface area (Å²) in [5.74, 6) is -0.127. The van der Waals surface area contributed by atoms with Crippen molar-refractivity contribution in [2.45, 2.75) is 13.1 Å². The molecule has 150 valence electrons. The smallest absolute Gasteiger partial charge is 0.362 e. The Morgan fingerprint density at radius 3 is 2.36 bits per heavy atom. The molecule has 1 fully saturated rings. The van der Waals surface area contributed by atoms with Crippen LogP contribution in [-0.2, 0) is 6.18 Å². The Kier molecular flexibility index (Phi) is 5.53. The maximum Gasteiger partial charge on any atom is 0.418 e. The van der Waals surface area contributed by atoms with Gasteiger partial charge in [0.1, 0.15) is 5.69 Å². The summed E-state index contributed by atoms with van der Waals surface area (Å²) in [6.07, 6.45) is -4.79. The number of thiophene rings is 1. The van der Waals surface area contributed by atoms with Gasteiger partial charge in [0.15, 0.2) is 0 Å². The van der Waals surface area contributed by atoms with E-state index in [1.54, 1.807) is 15.9 Å². The van der Waals surface area contributed by atoms with Gasteiger partial charge in [-0.2, -0.15) is 13.2 Å². The number of halogens is 4. The summed E-state index contributed by atoms with van der Waals surface area (Å²) < 4.78 is 39.0. The van der Waals surface area contributed by atoms with E-state index in [-0.39, 0.29) is 24.7 Å². The molecule has 0 N–H and O–H groups in total. The predicted octanol–water partition coefficient (Wildman–Crippen LogP) is 4.60. The molecule has 1 aliphatic heterocycles. The van der Waals surface area contributed by atoms with Crippen molar-refractivity contribution < 1.29 is 22.9 Å². The maximum atomic E-state index is 13.0. The van der Waals surface area contributed by atoms with Crippen molar-refractivity contribution >= 4 is 40.2 Å². The van der Waals surface area contributed by atoms with Crippen LogP contribution in [0, 0.1) is 17.0 Å². The highest BCUT2D eigenvalue weighted by Gasteiger charge is 2.37. The first-order valence-electron chi connectivity index (χ1n) is 8.23. The molecular formula is C17H15ClF3N3O3S. The number of benzene rings is 1. The lowest BCUT2D eigenvalue weighted by Gasteiger charge is -2.35. The van der Waals surface area contributed by atoms with Gasteiger partial charge in [-0.3, -0.25) is 14.9 Å². The number of nitro groups is 1. The Balaban J connectivity index is 1.81. The van der Waals surface area contributed by atoms with Crippen LogP contribution in [0.25, 0.3) is 0 Å². The van der Waals surface area contributed by atoms with Crippen LogP contribution >= 0.6 is 22.9 Å². The third-order valence-electron chi connectivity index (χ3n) is 4.43. The van der Waals surface area contributed by atoms with Crippen LogP contribution in [0.3, 0.4) is 0 Å². The number of alkyl halides is 3. The second kappa shape index (κ2) is 7.59. The minimum Gasteiger partial charge on any atom is -0.362 e. The van der Waals surface area contributed by atoms with Gasteiger partial charge in [0.25, 0.3) is 11.6 Å². The van der Waals surface area contributed by atoms with E-state index in [4.69, 9.17) is 11.6 Å². The standard InChI is InChI=1S/C17H15ClF3N3O3S/c1-10-2-3-15(28-10)16(25)23-6-4-22(5-7-23)13-9-12(18)11(17(19,20)21)8-14(13)24(26)27/h2-3,8-9H,4-7H2,1H3. The molecule has 0 aliphatic carbocycles. The molecule has 0 saturated carbocycles. The number of piperazine rings is 1. The predicted molar refractivity (Wildman–Crippen MR) is 100 cm³/mol. The lowest BCUT2D eigenvalue weighted by Crippen LogP contribution is -2.48. The fourth-order valence-corrected chi connectivity index (χ4v) is 4.12. The summed E-state index contributed by atoms with van der Waals surface area (Å²) in [6.45, 7) is 2.99. The Bertz CT molecular complexity index is 924. The molecule has 6 nitrogen and oxygen atoms in total. The number of nitrogens with zero attached hydrogens (tertiary/aromatic N) is 3. The number of hydrogen-bond donors (Lipinski definition) is 0. The average Bonchev–Trinajstić information content (AvgIpc) is 3.06. The number of aryl methyl sites for hydroxylation is 1. The second-order valence-corrected chi connectivity index (χ2v) is 7.96. The summed E-state index contributed by atoms with van der Waals surface area (Å²) >= 11 is 7.12. The first kappa shape index (κ1) is 20.4. The third-order valence-corrected chi connectivity index (χ3v) is 5.73. The molecule has 2 aromatic rings. The van der Waals surface area contributed by atoms with Crippen LogP contribution < -0.4 is 4.90 Å². The fraction of sp³-hybridized carbons (Fsp3) is 0.353. The van der Waals surface area contributed by atoms with Gasteiger partial charge in [-0.1, -0.05) is 11.6 Å². The number of anilines is 1. The van der Waals surface area contributed by atoms with E-state index in [0.717, 1.165) is 10.9 Å². The van der Waals surface area contributed by atoms with Gasteiger partial charge in [0, 0.05) is 37.1 Å². The van der Waals surface area contributed by atoms with Crippen LogP contribution in [0.1, 0.15) is 20.1 Å². The molecular weight excluding hydrogens is 419 g/mol. The van der Waals surface area contributed by atoms with Crippen LogP contribution in [0.4, 0.5) is 24.5 Å². The third kappa shape index (κ3) is 4.07. The van der Waals surface area contributed by atoms with E-state index >= 15 is 0 Å². The molecule has 0 radical (unpaired) electrons. The molecule has 2 heterocycles. The molecule has 1 aromatic carbocycles. The van der Waals surface area contributed by atoms with Crippen molar-refractivity contribution in [3.63, 3.8) is 0 Å². The zero-order valence-corrected chi connectivity index (χ0v) is 16.2. The van der Waals surface area contributed by atoms with Gasteiger partial charge in [0.2, 0.25) is 0 Å². The van der Waals surface area contributed by atoms with E-state index in [1.807, 2.05) is 13.0 Å². The number of hydrogen-bond acceptors (Lipinski definition) is 5. The summed E-state index contributed by atoms with van der Waals surface area (Å²) in [5, 5.41) is 10.7. The molecule has 0 atom stereocenters. The largest absolute Gasteiger partial charge is 0.418 e. The molecule has 1 aromatic heterocycles. The van der Waals surface area contributed by atoms with Crippen LogP contribution in [-0.4, -0.2) is 41.9 Å². The first-order chi connectivity index (χ1) is 13.1. The van der Waals surface area contributed by atoms with Crippen LogP contribution in [0.2, 0.25) is 5.02 Å². The molecule has 0 unspecified atom stereocenters. The Labute approximate surface area is 167 Å². The summed E-state index contributed by atoms with van der Waals surface area (Å²) in [6, 6.07) is 5.03. The van der Waals surface area contributed by atoms with Gasteiger partial charge in [0.05, 0.1) is 20.4 Å². The molecule has 1 amide bonds. The number of carbonyl (C=O) groups excluding carboxylic acids is 1. The second-order valence-electron chi connectivity index (χ2n) is 6.27. The van der Waals surface area contributed by atoms with Crippen LogP contribution in [0.15, 0.2) is 24.3 Å². The van der Waals surface area contributed by atoms with Gasteiger partial charge in [-0.25, -0.2) is 0 Å². The maximum absolute atomic E-state index is 13.0. The Hall–Kier alpha value is -2.33. The van der Waals surface area contributed by atoms with Crippen LogP contribution in [0.5, 0.6) is 0 Å². The molecule has 0 spiro atoms. The zero-order chi connectivity index (χ0) is 20.6. The topological polar surface area (TPSA) is 66.7 Å². The van der Waals surface area contributed by atoms with Crippen molar-refractivity contribution in [2.75, 3.05) is 31.1 Å². The van der Waals surface area contributed by atoms with Crippen molar-refractivity contribution in [1.29, 1.82) is 0 Å². The zero-order valence-electron chi connectivity index (χ0n) is 14.6. The lowest BCUT2D eigenvalue weighted by atomic mass is 10.1. The SMILES string of the molecule is Cc1ccc(C(=O)N2CCN(c3cc(Cl)c(C(F)(F)F)cc3[N+](=O)[O-])CC2)s1. The molecule has 0 bridgehead atoms. The normalized spacial score (nSPS) is 15.0. The van der Waals surface area contributed by atoms with Crippen molar-refractivity contribution in [3.8, 4) is 0 Å². The summed E-state index contributed by atoms with van der Waals surface area (Å²) in [7, 11) is 0. The van der Waals surface area contributed by atoms with Crippen molar-refractivity contribution in [2.24, 2.45) is 0 Å². The van der Waals surface area contributed by atoms with Crippen molar-refractivity contribution in [1.82, 2.24) is 4.90 Å². The van der Waals surface area contributed by atoms with Crippen molar-refractivity contribution in [3.05, 3.63) is 54.7 Å². The molecule has 3 rings (SSSR count). The minimum absolute atomic E-state index is 0.0158. The quantitative estimate of drug-likeness (QED) is 0.524. The first-order valence-corrected chi connectivity index (χ1v) is 9.43. The Morgan fingerprint density at radius 2 is 1.86 bits per heavy atom. The van der Waals surface area contributed by atoms with E-state index < -0.39 is 27.4 Å². The molecule has 1 saturated heterocycles. The van der Waals surface area contributed by atoms with E-state index in [0.29, 0.717) is 24.0 Å². The monoisotopic (exact) mass is 433 g/mol. The number of amides is 1. The lowest BCUT2D eigenvalue weighted by molar-refractivity contribution is -0.384. The van der Waals surface area contributed by atoms with E-state index in [9.17, 15) is 28.1 Å². The highest BCUT2D eigenvalue weighted by molar-refractivity contribution is 7.13. The van der Waals surface area contributed by atoms with Gasteiger partial charge in [-0.15, -0.1) is 11.3 Å². The highest BCUT2D eigenvalue weighted by Crippen LogP contribution is 2.41. The average molecular weight is 434 g/mol. The number of nitro benzene ring substituents is 1.